The summed E-state index contributed by atoms with van der Waals surface area (Å²) in [7, 11) is 1.26. The summed E-state index contributed by atoms with van der Waals surface area (Å²) in [5, 5.41) is 20.1. The summed E-state index contributed by atoms with van der Waals surface area (Å²) in [5.74, 6) is 0.131. The Labute approximate surface area is 272 Å². The molecule has 2 atom stereocenters. The van der Waals surface area contributed by atoms with Crippen LogP contribution in [-0.2, 0) is 16.1 Å². The van der Waals surface area contributed by atoms with E-state index in [-0.39, 0.29) is 24.6 Å². The Morgan fingerprint density at radius 3 is 2.69 bits per heavy atom. The third-order valence-corrected chi connectivity index (χ3v) is 7.27. The van der Waals surface area contributed by atoms with Crippen LogP contribution in [0.3, 0.4) is 0 Å². The number of hydrogen-bond acceptors (Lipinski definition) is 9. The van der Waals surface area contributed by atoms with Crippen molar-refractivity contribution in [2.75, 3.05) is 20.3 Å². The van der Waals surface area contributed by atoms with Crippen LogP contribution in [0.4, 0.5) is 9.18 Å². The molecule has 4 N–H and O–H groups in total. The standard InChI is InChI=1S/C31H31BrClFN4O7/c1-4-43-25-13-20(28-27(30(40)42-3)17(2)36-31(41)37-28)8-9-24(25)44-16-26(39)38-35-14-19-11-22(32)29(23(33)12-19)45-15-18-6-5-7-21(34)10-18/h5-14,26,28,38-39H,4,15-16H2,1-3H3,(H2,36,37,41)/b35-14-/t26-,28+/m1/s1. The number of benzene rings is 3. The Morgan fingerprint density at radius 2 is 1.98 bits per heavy atom. The summed E-state index contributed by atoms with van der Waals surface area (Å²) in [6, 6.07) is 13.1. The Hall–Kier alpha value is -4.33. The van der Waals surface area contributed by atoms with Gasteiger partial charge in [0.1, 0.15) is 19.0 Å². The van der Waals surface area contributed by atoms with Gasteiger partial charge in [-0.15, -0.1) is 0 Å². The minimum absolute atomic E-state index is 0.130. The highest BCUT2D eigenvalue weighted by atomic mass is 79.9. The van der Waals surface area contributed by atoms with E-state index in [1.165, 1.54) is 25.5 Å². The first-order valence-electron chi connectivity index (χ1n) is 13.7. The molecular formula is C31H31BrClFN4O7. The maximum absolute atomic E-state index is 13.4. The highest BCUT2D eigenvalue weighted by molar-refractivity contribution is 9.10. The second-order valence-corrected chi connectivity index (χ2v) is 10.9. The van der Waals surface area contributed by atoms with Gasteiger partial charge in [-0.3, -0.25) is 5.43 Å². The number of urea groups is 1. The van der Waals surface area contributed by atoms with Crippen LogP contribution in [-0.4, -0.2) is 49.9 Å². The number of hydrogen-bond donors (Lipinski definition) is 4. The van der Waals surface area contributed by atoms with Crippen molar-refractivity contribution in [1.29, 1.82) is 0 Å². The van der Waals surface area contributed by atoms with Crippen molar-refractivity contribution in [3.63, 3.8) is 0 Å². The van der Waals surface area contributed by atoms with Crippen molar-refractivity contribution in [3.05, 3.63) is 97.9 Å². The number of rotatable bonds is 13. The number of aliphatic hydroxyl groups excluding tert-OH is 1. The van der Waals surface area contributed by atoms with E-state index in [0.717, 1.165) is 0 Å². The number of allylic oxidation sites excluding steroid dienone is 1. The zero-order chi connectivity index (χ0) is 32.5. The lowest BCUT2D eigenvalue weighted by atomic mass is 9.95. The molecule has 1 aliphatic rings. The maximum Gasteiger partial charge on any atom is 0.337 e. The van der Waals surface area contributed by atoms with Gasteiger partial charge in [0.15, 0.2) is 23.5 Å². The van der Waals surface area contributed by atoms with E-state index in [0.29, 0.717) is 55.7 Å². The van der Waals surface area contributed by atoms with Crippen LogP contribution in [0.1, 0.15) is 36.6 Å². The summed E-state index contributed by atoms with van der Waals surface area (Å²) in [4.78, 5) is 24.6. The molecule has 0 spiro atoms. The number of carbonyl (C=O) groups excluding carboxylic acids is 2. The number of halogens is 3. The van der Waals surface area contributed by atoms with Crippen LogP contribution in [0.5, 0.6) is 17.2 Å². The monoisotopic (exact) mass is 704 g/mol. The number of amides is 2. The minimum Gasteiger partial charge on any atom is -0.490 e. The number of aliphatic hydroxyl groups is 1. The van der Waals surface area contributed by atoms with Gasteiger partial charge in [0.2, 0.25) is 0 Å². The number of carbonyl (C=O) groups is 2. The van der Waals surface area contributed by atoms with Gasteiger partial charge in [-0.05, 0) is 82.9 Å². The summed E-state index contributed by atoms with van der Waals surface area (Å²) in [6.07, 6.45) is 0.265. The highest BCUT2D eigenvalue weighted by Crippen LogP contribution is 2.36. The zero-order valence-electron chi connectivity index (χ0n) is 24.5. The molecule has 14 heteroatoms. The number of methoxy groups -OCH3 is 1. The number of hydrazone groups is 1. The molecule has 0 radical (unpaired) electrons. The van der Waals surface area contributed by atoms with Gasteiger partial charge in [0.25, 0.3) is 0 Å². The first-order chi connectivity index (χ1) is 21.6. The quantitative estimate of drug-likeness (QED) is 0.0809. The lowest BCUT2D eigenvalue weighted by Crippen LogP contribution is -2.45. The molecule has 0 aliphatic carbocycles. The zero-order valence-corrected chi connectivity index (χ0v) is 26.9. The highest BCUT2D eigenvalue weighted by Gasteiger charge is 2.32. The van der Waals surface area contributed by atoms with Gasteiger partial charge in [0, 0.05) is 5.70 Å². The van der Waals surface area contributed by atoms with Crippen LogP contribution < -0.4 is 30.3 Å². The van der Waals surface area contributed by atoms with Crippen molar-refractivity contribution >= 4 is 45.7 Å². The fourth-order valence-electron chi connectivity index (χ4n) is 4.39. The predicted octanol–water partition coefficient (Wildman–Crippen LogP) is 5.34. The average molecular weight is 706 g/mol. The molecule has 3 aromatic rings. The second kappa shape index (κ2) is 15.6. The number of nitrogens with zero attached hydrogens (tertiary/aromatic N) is 1. The molecule has 45 heavy (non-hydrogen) atoms. The molecule has 1 heterocycles. The van der Waals surface area contributed by atoms with Crippen molar-refractivity contribution in [2.24, 2.45) is 5.10 Å². The van der Waals surface area contributed by atoms with Crippen LogP contribution in [0.25, 0.3) is 0 Å². The van der Waals surface area contributed by atoms with Gasteiger partial charge < -0.3 is 34.7 Å². The van der Waals surface area contributed by atoms with Crippen molar-refractivity contribution in [3.8, 4) is 17.2 Å². The van der Waals surface area contributed by atoms with Gasteiger partial charge >= 0.3 is 12.0 Å². The van der Waals surface area contributed by atoms with E-state index in [1.807, 2.05) is 0 Å². The molecule has 0 fully saturated rings. The number of esters is 1. The molecule has 3 aromatic carbocycles. The summed E-state index contributed by atoms with van der Waals surface area (Å²) >= 11 is 9.83. The lowest BCUT2D eigenvalue weighted by molar-refractivity contribution is -0.136. The Balaban J connectivity index is 1.37. The molecule has 0 aromatic heterocycles. The van der Waals surface area contributed by atoms with Gasteiger partial charge in [0.05, 0.1) is 41.0 Å². The Morgan fingerprint density at radius 1 is 1.18 bits per heavy atom. The van der Waals surface area contributed by atoms with E-state index in [2.05, 4.69) is 37.1 Å². The Kier molecular flexibility index (Phi) is 11.6. The molecule has 0 unspecified atom stereocenters. The molecule has 2 amide bonds. The topological polar surface area (TPSA) is 140 Å². The summed E-state index contributed by atoms with van der Waals surface area (Å²) in [6.45, 7) is 3.67. The third-order valence-electron chi connectivity index (χ3n) is 6.40. The second-order valence-electron chi connectivity index (χ2n) is 9.65. The van der Waals surface area contributed by atoms with E-state index in [4.69, 9.17) is 30.5 Å². The predicted molar refractivity (Wildman–Crippen MR) is 169 cm³/mol. The Bertz CT molecular complexity index is 1600. The first kappa shape index (κ1) is 33.6. The van der Waals surface area contributed by atoms with Gasteiger partial charge in [-0.25, -0.2) is 14.0 Å². The molecule has 4 rings (SSSR count). The normalized spacial score (nSPS) is 15.3. The summed E-state index contributed by atoms with van der Waals surface area (Å²) in [5.41, 5.74) is 5.05. The third kappa shape index (κ3) is 8.87. The van der Waals surface area contributed by atoms with Crippen molar-refractivity contribution < 1.29 is 38.0 Å². The van der Waals surface area contributed by atoms with Crippen LogP contribution >= 0.6 is 27.5 Å². The fraction of sp³-hybridized carbons (Fsp3) is 0.258. The molecule has 11 nitrogen and oxygen atoms in total. The summed E-state index contributed by atoms with van der Waals surface area (Å²) < 4.78 is 36.2. The molecule has 238 valence electrons. The smallest absolute Gasteiger partial charge is 0.337 e. The van der Waals surface area contributed by atoms with E-state index in [1.54, 1.807) is 56.3 Å². The first-order valence-corrected chi connectivity index (χ1v) is 14.9. The van der Waals surface area contributed by atoms with Crippen molar-refractivity contribution in [2.45, 2.75) is 32.7 Å². The lowest BCUT2D eigenvalue weighted by Gasteiger charge is -2.28. The fourth-order valence-corrected chi connectivity index (χ4v) is 5.38. The van der Waals surface area contributed by atoms with Gasteiger partial charge in [-0.1, -0.05) is 29.8 Å². The maximum atomic E-state index is 13.4. The molecular weight excluding hydrogens is 675 g/mol. The van der Waals surface area contributed by atoms with Crippen molar-refractivity contribution in [1.82, 2.24) is 16.1 Å². The van der Waals surface area contributed by atoms with E-state index in [9.17, 15) is 19.1 Å². The van der Waals surface area contributed by atoms with E-state index < -0.39 is 24.3 Å². The molecule has 1 aliphatic heterocycles. The number of ether oxygens (including phenoxy) is 4. The molecule has 0 saturated heterocycles. The average Bonchev–Trinajstić information content (AvgIpc) is 2.99. The van der Waals surface area contributed by atoms with Crippen LogP contribution in [0.2, 0.25) is 5.02 Å². The van der Waals surface area contributed by atoms with Crippen LogP contribution in [0, 0.1) is 5.82 Å². The molecule has 0 saturated carbocycles. The number of nitrogens with one attached hydrogen (secondary N) is 3. The largest absolute Gasteiger partial charge is 0.490 e. The SMILES string of the molecule is CCOc1cc([C@@H]2NC(=O)NC(C)=C2C(=O)OC)ccc1OC[C@@H](O)N/N=C\c1cc(Cl)c(OCc2cccc(F)c2)c(Br)c1. The van der Waals surface area contributed by atoms with Crippen LogP contribution in [0.15, 0.2) is 75.4 Å². The van der Waals surface area contributed by atoms with Gasteiger partial charge in [-0.2, -0.15) is 5.10 Å². The van der Waals surface area contributed by atoms with E-state index >= 15 is 0 Å². The minimum atomic E-state index is -1.19. The molecule has 0 bridgehead atoms.